The monoisotopic (exact) mass is 374 g/mol. The van der Waals surface area contributed by atoms with Crippen LogP contribution >= 0.6 is 0 Å². The highest BCUT2D eigenvalue weighted by molar-refractivity contribution is 7.77. The van der Waals surface area contributed by atoms with E-state index in [1.807, 2.05) is 4.72 Å². The third-order valence-electron chi connectivity index (χ3n) is 4.16. The molecule has 25 heavy (non-hydrogen) atoms. The Balaban J connectivity index is 1.74. The van der Waals surface area contributed by atoms with Gasteiger partial charge in [0.1, 0.15) is 30.5 Å². The fraction of sp³-hybridized carbons (Fsp3) is 0.429. The minimum absolute atomic E-state index is 0.0469. The van der Waals surface area contributed by atoms with Crippen molar-refractivity contribution in [3.05, 3.63) is 42.0 Å². The Morgan fingerprint density at radius 2 is 2.00 bits per heavy atom. The van der Waals surface area contributed by atoms with Crippen LogP contribution in [0.2, 0.25) is 0 Å². The lowest BCUT2D eigenvalue weighted by atomic mass is 10.0. The fourth-order valence-electron chi connectivity index (χ4n) is 2.92. The molecular formula is C14H15F3N5O2S-. The van der Waals surface area contributed by atoms with Crippen LogP contribution in [0.1, 0.15) is 18.0 Å². The maximum Gasteiger partial charge on any atom is 0.147 e. The molecule has 3 atom stereocenters. The Labute approximate surface area is 144 Å². The molecule has 0 amide bonds. The summed E-state index contributed by atoms with van der Waals surface area (Å²) in [6, 6.07) is 1.44. The lowest BCUT2D eigenvalue weighted by Crippen LogP contribution is -2.43. The first-order valence-electron chi connectivity index (χ1n) is 7.49. The number of benzene rings is 1. The Kier molecular flexibility index (Phi) is 5.35. The number of rotatable bonds is 5. The Morgan fingerprint density at radius 1 is 1.28 bits per heavy atom. The van der Waals surface area contributed by atoms with Gasteiger partial charge in [-0.3, -0.25) is 4.21 Å². The molecule has 1 aliphatic heterocycles. The van der Waals surface area contributed by atoms with E-state index in [0.29, 0.717) is 13.0 Å². The van der Waals surface area contributed by atoms with E-state index in [0.717, 1.165) is 12.1 Å². The van der Waals surface area contributed by atoms with E-state index < -0.39 is 35.1 Å². The van der Waals surface area contributed by atoms with Crippen LogP contribution in [0.4, 0.5) is 18.9 Å². The van der Waals surface area contributed by atoms with Crippen LogP contribution in [-0.4, -0.2) is 42.8 Å². The minimum atomic E-state index is -2.58. The van der Waals surface area contributed by atoms with Gasteiger partial charge >= 0.3 is 0 Å². The summed E-state index contributed by atoms with van der Waals surface area (Å²) < 4.78 is 67.3. The smallest absolute Gasteiger partial charge is 0.147 e. The largest absolute Gasteiger partial charge is 0.760 e. The van der Waals surface area contributed by atoms with Crippen LogP contribution < -0.4 is 9.62 Å². The Hall–Kier alpha value is -1.98. The summed E-state index contributed by atoms with van der Waals surface area (Å²) in [4.78, 5) is 1.44. The predicted octanol–water partition coefficient (Wildman–Crippen LogP) is 1.23. The molecule has 2 heterocycles. The van der Waals surface area contributed by atoms with Gasteiger partial charge in [0, 0.05) is 36.0 Å². The maximum atomic E-state index is 14.5. The zero-order valence-electron chi connectivity index (χ0n) is 12.9. The minimum Gasteiger partial charge on any atom is -0.760 e. The van der Waals surface area contributed by atoms with Crippen LogP contribution in [-0.2, 0) is 17.8 Å². The van der Waals surface area contributed by atoms with E-state index in [2.05, 4.69) is 10.2 Å². The van der Waals surface area contributed by atoms with Crippen molar-refractivity contribution in [3.8, 4) is 0 Å². The van der Waals surface area contributed by atoms with Crippen LogP contribution in [0, 0.1) is 11.6 Å². The van der Waals surface area contributed by atoms with Gasteiger partial charge in [-0.05, 0) is 12.5 Å². The third-order valence-corrected chi connectivity index (χ3v) is 4.54. The molecule has 3 rings (SSSR count). The van der Waals surface area contributed by atoms with Gasteiger partial charge in [0.25, 0.3) is 0 Å². The van der Waals surface area contributed by atoms with E-state index in [-0.39, 0.29) is 24.3 Å². The third kappa shape index (κ3) is 3.99. The first-order chi connectivity index (χ1) is 12.0. The van der Waals surface area contributed by atoms with Gasteiger partial charge in [0.05, 0.1) is 18.3 Å². The van der Waals surface area contributed by atoms with Crippen molar-refractivity contribution in [1.29, 1.82) is 0 Å². The standard InChI is InChI=1S/C14H16F3N5O2S/c15-10-4-14(11(16)3-9(10)5-20-25(23)24)21-2-1-13(12(17)6-21)22-7-18-19-8-22/h3-4,7-8,12-13,20H,1-2,5-6H2,(H,23,24)/p-1. The summed E-state index contributed by atoms with van der Waals surface area (Å²) in [6.07, 6.45) is 1.94. The second-order valence-electron chi connectivity index (χ2n) is 5.68. The van der Waals surface area contributed by atoms with Crippen molar-refractivity contribution >= 4 is 17.0 Å². The number of nitrogens with one attached hydrogen (secondary N) is 1. The zero-order chi connectivity index (χ0) is 18.0. The molecule has 1 aromatic carbocycles. The molecule has 0 aliphatic carbocycles. The lowest BCUT2D eigenvalue weighted by molar-refractivity contribution is 0.199. The molecular weight excluding hydrogens is 359 g/mol. The maximum absolute atomic E-state index is 14.5. The number of piperidine rings is 1. The van der Waals surface area contributed by atoms with Gasteiger partial charge < -0.3 is 14.0 Å². The zero-order valence-corrected chi connectivity index (χ0v) is 13.8. The summed E-state index contributed by atoms with van der Waals surface area (Å²) in [5.74, 6) is -1.49. The second-order valence-corrected chi connectivity index (χ2v) is 6.44. The number of hydrogen-bond donors (Lipinski definition) is 1. The molecule has 1 fully saturated rings. The number of nitrogens with zero attached hydrogens (tertiary/aromatic N) is 4. The van der Waals surface area contributed by atoms with Gasteiger partial charge in [0.2, 0.25) is 0 Å². The average Bonchev–Trinajstić information content (AvgIpc) is 3.09. The van der Waals surface area contributed by atoms with E-state index in [4.69, 9.17) is 0 Å². The molecule has 1 aromatic heterocycles. The molecule has 136 valence electrons. The van der Waals surface area contributed by atoms with Gasteiger partial charge in [-0.15, -0.1) is 10.2 Å². The summed E-state index contributed by atoms with van der Waals surface area (Å²) in [5, 5.41) is 7.29. The normalized spacial score (nSPS) is 22.2. The molecule has 2 aromatic rings. The quantitative estimate of drug-likeness (QED) is 0.796. The second kappa shape index (κ2) is 7.50. The SMILES string of the molecule is O=S([O-])NCc1cc(F)c(N2CCC(n3cnnc3)C(F)C2)cc1F. The summed E-state index contributed by atoms with van der Waals surface area (Å²) in [5.41, 5.74) is -0.170. The first-order valence-corrected chi connectivity index (χ1v) is 8.57. The van der Waals surface area contributed by atoms with Gasteiger partial charge in [-0.2, -0.15) is 0 Å². The van der Waals surface area contributed by atoms with Crippen molar-refractivity contribution < 1.29 is 21.9 Å². The van der Waals surface area contributed by atoms with Crippen LogP contribution in [0.5, 0.6) is 0 Å². The van der Waals surface area contributed by atoms with Gasteiger partial charge in [-0.1, -0.05) is 0 Å². The summed E-state index contributed by atoms with van der Waals surface area (Å²) >= 11 is -2.58. The highest BCUT2D eigenvalue weighted by Gasteiger charge is 2.32. The van der Waals surface area contributed by atoms with Crippen LogP contribution in [0.3, 0.4) is 0 Å². The van der Waals surface area contributed by atoms with E-state index in [1.54, 1.807) is 4.57 Å². The summed E-state index contributed by atoms with van der Waals surface area (Å²) in [6.45, 7) is -0.121. The predicted molar refractivity (Wildman–Crippen MR) is 82.9 cm³/mol. The molecule has 0 saturated carbocycles. The number of aromatic nitrogens is 3. The lowest BCUT2D eigenvalue weighted by Gasteiger charge is -2.36. The molecule has 3 unspecified atom stereocenters. The Morgan fingerprint density at radius 3 is 2.64 bits per heavy atom. The van der Waals surface area contributed by atoms with E-state index in [9.17, 15) is 21.9 Å². The van der Waals surface area contributed by atoms with Gasteiger partial charge in [0.15, 0.2) is 0 Å². The fourth-order valence-corrected chi connectivity index (χ4v) is 3.19. The Bertz CT molecular complexity index is 761. The van der Waals surface area contributed by atoms with Crippen LogP contribution in [0.25, 0.3) is 0 Å². The molecule has 0 radical (unpaired) electrons. The van der Waals surface area contributed by atoms with E-state index >= 15 is 0 Å². The number of halogens is 3. The van der Waals surface area contributed by atoms with Crippen LogP contribution in [0.15, 0.2) is 24.8 Å². The highest BCUT2D eigenvalue weighted by atomic mass is 32.2. The molecule has 1 aliphatic rings. The van der Waals surface area contributed by atoms with Crippen molar-refractivity contribution in [2.75, 3.05) is 18.0 Å². The average molecular weight is 374 g/mol. The molecule has 1 N–H and O–H groups in total. The first kappa shape index (κ1) is 17.8. The number of alkyl halides is 1. The number of anilines is 1. The van der Waals surface area contributed by atoms with Crippen molar-refractivity contribution in [2.24, 2.45) is 0 Å². The molecule has 0 bridgehead atoms. The molecule has 0 spiro atoms. The summed E-state index contributed by atoms with van der Waals surface area (Å²) in [7, 11) is 0. The molecule has 7 nitrogen and oxygen atoms in total. The van der Waals surface area contributed by atoms with Crippen molar-refractivity contribution in [3.63, 3.8) is 0 Å². The topological polar surface area (TPSA) is 86.1 Å². The highest BCUT2D eigenvalue weighted by Crippen LogP contribution is 2.31. The molecule has 11 heteroatoms. The van der Waals surface area contributed by atoms with Crippen molar-refractivity contribution in [1.82, 2.24) is 19.5 Å². The molecule has 1 saturated heterocycles. The number of hydrogen-bond acceptors (Lipinski definition) is 5. The van der Waals surface area contributed by atoms with Gasteiger partial charge in [-0.25, -0.2) is 17.9 Å². The van der Waals surface area contributed by atoms with Crippen molar-refractivity contribution in [2.45, 2.75) is 25.2 Å². The van der Waals surface area contributed by atoms with E-state index in [1.165, 1.54) is 17.6 Å².